The molecule has 1 N–H and O–H groups in total. The molecular weight excluding hydrogens is 708 g/mol. The highest BCUT2D eigenvalue weighted by atomic mass is 79.9. The number of rotatable bonds is 30. The van der Waals surface area contributed by atoms with Crippen LogP contribution in [0.3, 0.4) is 0 Å². The number of unbranched alkanes of at least 4 members (excludes halogenated alkanes) is 16. The Labute approximate surface area is 300 Å². The molecule has 2 aliphatic rings. The molecule has 7 heteroatoms. The summed E-state index contributed by atoms with van der Waals surface area (Å²) in [5.41, 5.74) is 1.08. The van der Waals surface area contributed by atoms with E-state index in [0.29, 0.717) is 11.8 Å². The van der Waals surface area contributed by atoms with Gasteiger partial charge in [0, 0.05) is 6.20 Å². The van der Waals surface area contributed by atoms with Crippen LogP contribution >= 0.6 is 44.0 Å². The van der Waals surface area contributed by atoms with Crippen LogP contribution in [-0.4, -0.2) is 17.5 Å². The van der Waals surface area contributed by atoms with E-state index in [9.17, 15) is 0 Å². The number of halogens is 2. The number of fused-ring (bicyclic) bond motifs is 1. The Morgan fingerprint density at radius 1 is 0.578 bits per heavy atom. The number of ether oxygens (including phenoxy) is 2. The SMILES string of the molecule is CCCCCCCCC(CCCCCC)COC1=C(Br)C2=CNSN2C(Br)=C1OCC(CCCCCC)CCCCCCCC. The molecule has 2 unspecified atom stereocenters. The van der Waals surface area contributed by atoms with Crippen LogP contribution in [0.4, 0.5) is 0 Å². The number of allylic oxidation sites excluding steroid dienone is 1. The van der Waals surface area contributed by atoms with E-state index >= 15 is 0 Å². The van der Waals surface area contributed by atoms with Crippen molar-refractivity contribution in [2.75, 3.05) is 13.2 Å². The van der Waals surface area contributed by atoms with Crippen LogP contribution in [0, 0.1) is 11.8 Å². The molecule has 0 fully saturated rings. The summed E-state index contributed by atoms with van der Waals surface area (Å²) in [5, 5.41) is 0. The maximum atomic E-state index is 6.80. The lowest BCUT2D eigenvalue weighted by atomic mass is 9.95. The Balaban J connectivity index is 2.08. The summed E-state index contributed by atoms with van der Waals surface area (Å²) in [4.78, 5) is 0. The number of hydrogen-bond donors (Lipinski definition) is 1. The molecule has 4 nitrogen and oxygen atoms in total. The van der Waals surface area contributed by atoms with E-state index in [2.05, 4.69) is 68.6 Å². The molecule has 2 aliphatic heterocycles. The van der Waals surface area contributed by atoms with Crippen molar-refractivity contribution < 1.29 is 9.47 Å². The van der Waals surface area contributed by atoms with Gasteiger partial charge < -0.3 is 14.2 Å². The molecule has 0 radical (unpaired) electrons. The minimum atomic E-state index is 0.584. The van der Waals surface area contributed by atoms with Crippen LogP contribution in [0.1, 0.15) is 182 Å². The molecule has 0 saturated heterocycles. The lowest BCUT2D eigenvalue weighted by molar-refractivity contribution is 0.0983. The van der Waals surface area contributed by atoms with Gasteiger partial charge >= 0.3 is 0 Å². The fourth-order valence-electron chi connectivity index (χ4n) is 6.37. The van der Waals surface area contributed by atoms with E-state index < -0.39 is 0 Å². The van der Waals surface area contributed by atoms with Crippen LogP contribution in [-0.2, 0) is 9.47 Å². The standard InChI is InChI=1S/C38H68Br2N2O2S/c1-5-9-13-17-19-23-27-32(25-21-15-11-7-3)30-43-36-35(39)34-29-41-45-42(34)38(40)37(36)44-31-33(26-22-16-12-8-4)28-24-20-18-14-10-6-2/h29,32-33,41H,5-28,30-31H2,1-4H3. The largest absolute Gasteiger partial charge is 0.488 e. The first kappa shape index (κ1) is 40.9. The molecule has 0 aromatic rings. The second kappa shape index (κ2) is 26.7. The van der Waals surface area contributed by atoms with Gasteiger partial charge in [-0.05, 0) is 69.4 Å². The van der Waals surface area contributed by atoms with Crippen molar-refractivity contribution in [1.29, 1.82) is 0 Å². The number of hydrogen-bond acceptors (Lipinski definition) is 5. The van der Waals surface area contributed by atoms with Gasteiger partial charge in [0.1, 0.15) is 4.61 Å². The molecular formula is C38H68Br2N2O2S. The topological polar surface area (TPSA) is 33.7 Å². The molecule has 0 saturated carbocycles. The molecule has 0 aromatic carbocycles. The second-order valence-electron chi connectivity index (χ2n) is 13.5. The summed E-state index contributed by atoms with van der Waals surface area (Å²) in [7, 11) is 0. The Morgan fingerprint density at radius 2 is 0.956 bits per heavy atom. The van der Waals surface area contributed by atoms with Crippen LogP contribution in [0.2, 0.25) is 0 Å². The third-order valence-corrected chi connectivity index (χ3v) is 11.8. The predicted molar refractivity (Wildman–Crippen MR) is 205 cm³/mol. The van der Waals surface area contributed by atoms with Crippen LogP contribution in [0.15, 0.2) is 32.5 Å². The third kappa shape index (κ3) is 16.6. The summed E-state index contributed by atoms with van der Waals surface area (Å²) in [6.45, 7) is 10.7. The molecule has 2 rings (SSSR count). The van der Waals surface area contributed by atoms with E-state index in [1.807, 2.05) is 6.20 Å². The van der Waals surface area contributed by atoms with Crippen molar-refractivity contribution in [3.8, 4) is 0 Å². The highest BCUT2D eigenvalue weighted by Crippen LogP contribution is 2.46. The van der Waals surface area contributed by atoms with Gasteiger partial charge in [-0.2, -0.15) is 0 Å². The van der Waals surface area contributed by atoms with Crippen molar-refractivity contribution in [2.24, 2.45) is 11.8 Å². The van der Waals surface area contributed by atoms with E-state index in [-0.39, 0.29) is 0 Å². The van der Waals surface area contributed by atoms with Crippen molar-refractivity contribution in [3.63, 3.8) is 0 Å². The minimum absolute atomic E-state index is 0.584. The maximum absolute atomic E-state index is 6.80. The lowest BCUT2D eigenvalue weighted by Gasteiger charge is -2.30. The van der Waals surface area contributed by atoms with E-state index in [4.69, 9.17) is 9.47 Å². The van der Waals surface area contributed by atoms with E-state index in [0.717, 1.165) is 39.5 Å². The molecule has 0 amide bonds. The Hall–Kier alpha value is -0.270. The van der Waals surface area contributed by atoms with Gasteiger partial charge in [-0.15, -0.1) is 0 Å². The summed E-state index contributed by atoms with van der Waals surface area (Å²) in [6.07, 6.45) is 33.8. The van der Waals surface area contributed by atoms with Gasteiger partial charge in [-0.3, -0.25) is 4.31 Å². The summed E-state index contributed by atoms with van der Waals surface area (Å²) in [5.74, 6) is 2.88. The van der Waals surface area contributed by atoms with E-state index in [1.54, 1.807) is 12.1 Å². The van der Waals surface area contributed by atoms with Gasteiger partial charge in [0.2, 0.25) is 0 Å². The average Bonchev–Trinajstić information content (AvgIpc) is 3.55. The van der Waals surface area contributed by atoms with Gasteiger partial charge in [0.15, 0.2) is 11.5 Å². The van der Waals surface area contributed by atoms with Crippen molar-refractivity contribution in [2.45, 2.75) is 182 Å². The Bertz CT molecular complexity index is 863. The number of nitrogens with one attached hydrogen (secondary N) is 1. The summed E-state index contributed by atoms with van der Waals surface area (Å²) < 4.78 is 21.0. The van der Waals surface area contributed by atoms with Gasteiger partial charge in [-0.25, -0.2) is 0 Å². The normalized spacial score (nSPS) is 16.1. The molecule has 0 aromatic heterocycles. The second-order valence-corrected chi connectivity index (χ2v) is 15.8. The van der Waals surface area contributed by atoms with Crippen molar-refractivity contribution >= 4 is 44.0 Å². The third-order valence-electron chi connectivity index (χ3n) is 9.35. The monoisotopic (exact) mass is 774 g/mol. The molecule has 0 spiro atoms. The zero-order valence-corrected chi connectivity index (χ0v) is 33.5. The highest BCUT2D eigenvalue weighted by molar-refractivity contribution is 9.12. The van der Waals surface area contributed by atoms with Gasteiger partial charge in [0.05, 0.1) is 35.5 Å². The maximum Gasteiger partial charge on any atom is 0.194 e. The molecule has 2 heterocycles. The van der Waals surface area contributed by atoms with E-state index in [1.165, 1.54) is 154 Å². The van der Waals surface area contributed by atoms with Crippen LogP contribution < -0.4 is 4.72 Å². The fourth-order valence-corrected chi connectivity index (χ4v) is 8.45. The Kier molecular flexibility index (Phi) is 24.2. The average molecular weight is 777 g/mol. The molecule has 2 atom stereocenters. The molecule has 45 heavy (non-hydrogen) atoms. The summed E-state index contributed by atoms with van der Waals surface area (Å²) >= 11 is 9.42. The summed E-state index contributed by atoms with van der Waals surface area (Å²) in [6, 6.07) is 0. The van der Waals surface area contributed by atoms with Crippen molar-refractivity contribution in [3.05, 3.63) is 32.5 Å². The quantitative estimate of drug-likeness (QED) is 0.0446. The van der Waals surface area contributed by atoms with Crippen molar-refractivity contribution in [1.82, 2.24) is 9.03 Å². The fraction of sp³-hybridized carbons (Fsp3) is 0.842. The molecule has 0 aliphatic carbocycles. The minimum Gasteiger partial charge on any atom is -0.488 e. The first-order valence-corrected chi connectivity index (χ1v) is 21.4. The van der Waals surface area contributed by atoms with Gasteiger partial charge in [-0.1, -0.05) is 156 Å². The van der Waals surface area contributed by atoms with Crippen LogP contribution in [0.25, 0.3) is 0 Å². The predicted octanol–water partition coefficient (Wildman–Crippen LogP) is 14.2. The smallest absolute Gasteiger partial charge is 0.194 e. The highest BCUT2D eigenvalue weighted by Gasteiger charge is 2.35. The zero-order chi connectivity index (χ0) is 32.5. The van der Waals surface area contributed by atoms with Crippen LogP contribution in [0.5, 0.6) is 0 Å². The van der Waals surface area contributed by atoms with Gasteiger partial charge in [0.25, 0.3) is 0 Å². The first-order chi connectivity index (χ1) is 22.1. The molecule has 262 valence electrons. The lowest BCUT2D eigenvalue weighted by Crippen LogP contribution is -2.23. The zero-order valence-electron chi connectivity index (χ0n) is 29.5. The molecule has 0 bridgehead atoms. The number of nitrogens with zero attached hydrogens (tertiary/aromatic N) is 1. The first-order valence-electron chi connectivity index (χ1n) is 19.1. The Morgan fingerprint density at radius 3 is 1.40 bits per heavy atom.